The fraction of sp³-hybridized carbons (Fsp3) is 0.667. The molecule has 1 heterocycles. The Hall–Kier alpha value is -1.06. The van der Waals surface area contributed by atoms with Gasteiger partial charge in [-0.05, 0) is 76.5 Å². The van der Waals surface area contributed by atoms with Gasteiger partial charge in [0.2, 0.25) is 0 Å². The van der Waals surface area contributed by atoms with Crippen molar-refractivity contribution < 1.29 is 0 Å². The molecule has 3 nitrogen and oxygen atoms in total. The zero-order valence-electron chi connectivity index (χ0n) is 14.1. The minimum atomic E-state index is 0.437. The van der Waals surface area contributed by atoms with Gasteiger partial charge in [0.1, 0.15) is 0 Å². The lowest BCUT2D eigenvalue weighted by atomic mass is 9.93. The molecule has 0 spiro atoms. The summed E-state index contributed by atoms with van der Waals surface area (Å²) >= 11 is 0. The number of rotatable bonds is 6. The number of benzene rings is 1. The van der Waals surface area contributed by atoms with Crippen LogP contribution in [0.4, 0.5) is 5.69 Å². The summed E-state index contributed by atoms with van der Waals surface area (Å²) in [5.74, 6) is 0.914. The highest BCUT2D eigenvalue weighted by Gasteiger charge is 2.16. The third kappa shape index (κ3) is 5.01. The first kappa shape index (κ1) is 16.3. The van der Waals surface area contributed by atoms with E-state index < -0.39 is 0 Å². The second-order valence-corrected chi connectivity index (χ2v) is 6.70. The maximum absolute atomic E-state index is 3.68. The molecule has 1 aliphatic rings. The van der Waals surface area contributed by atoms with Crippen LogP contribution >= 0.6 is 0 Å². The first-order chi connectivity index (χ1) is 10.1. The second kappa shape index (κ2) is 7.81. The van der Waals surface area contributed by atoms with Crippen molar-refractivity contribution in [2.45, 2.75) is 32.2 Å². The minimum absolute atomic E-state index is 0.437. The summed E-state index contributed by atoms with van der Waals surface area (Å²) in [4.78, 5) is 4.58. The Bertz CT molecular complexity index is 405. The van der Waals surface area contributed by atoms with Crippen LogP contribution in [-0.4, -0.2) is 45.7 Å². The standard InChI is InChI=1S/C18H31N3/c1-15(17-5-7-18(8-6-17)20(2)3)19-12-9-16-10-13-21(4)14-11-16/h5-8,15-16,19H,9-14H2,1-4H3. The summed E-state index contributed by atoms with van der Waals surface area (Å²) in [6.07, 6.45) is 4.04. The molecule has 1 unspecified atom stereocenters. The molecular weight excluding hydrogens is 258 g/mol. The summed E-state index contributed by atoms with van der Waals surface area (Å²) in [6, 6.07) is 9.31. The molecule has 1 aliphatic heterocycles. The summed E-state index contributed by atoms with van der Waals surface area (Å²) in [5.41, 5.74) is 2.64. The Balaban J connectivity index is 1.72. The maximum atomic E-state index is 3.68. The lowest BCUT2D eigenvalue weighted by Gasteiger charge is -2.29. The molecular formula is C18H31N3. The number of nitrogens with one attached hydrogen (secondary N) is 1. The SMILES string of the molecule is CC(NCCC1CCN(C)CC1)c1ccc(N(C)C)cc1. The van der Waals surface area contributed by atoms with Gasteiger partial charge in [0, 0.05) is 25.8 Å². The predicted octanol–water partition coefficient (Wildman–Crippen LogP) is 3.14. The van der Waals surface area contributed by atoms with E-state index in [2.05, 4.69) is 67.4 Å². The molecule has 1 N–H and O–H groups in total. The molecule has 1 aromatic rings. The molecule has 0 radical (unpaired) electrons. The van der Waals surface area contributed by atoms with E-state index in [9.17, 15) is 0 Å². The van der Waals surface area contributed by atoms with E-state index in [1.807, 2.05) is 0 Å². The first-order valence-corrected chi connectivity index (χ1v) is 8.25. The van der Waals surface area contributed by atoms with Crippen LogP contribution in [0.25, 0.3) is 0 Å². The zero-order chi connectivity index (χ0) is 15.2. The van der Waals surface area contributed by atoms with Crippen LogP contribution in [0.1, 0.15) is 37.8 Å². The molecule has 3 heteroatoms. The smallest absolute Gasteiger partial charge is 0.0361 e. The van der Waals surface area contributed by atoms with E-state index in [-0.39, 0.29) is 0 Å². The van der Waals surface area contributed by atoms with Gasteiger partial charge in [0.25, 0.3) is 0 Å². The maximum Gasteiger partial charge on any atom is 0.0361 e. The molecule has 1 saturated heterocycles. The first-order valence-electron chi connectivity index (χ1n) is 8.25. The van der Waals surface area contributed by atoms with Gasteiger partial charge in [-0.2, -0.15) is 0 Å². The Morgan fingerprint density at radius 2 is 1.81 bits per heavy atom. The third-order valence-corrected chi connectivity index (χ3v) is 4.75. The van der Waals surface area contributed by atoms with Crippen molar-refractivity contribution >= 4 is 5.69 Å². The molecule has 1 atom stereocenters. The fourth-order valence-electron chi connectivity index (χ4n) is 3.03. The Morgan fingerprint density at radius 1 is 1.19 bits per heavy atom. The average Bonchev–Trinajstić information content (AvgIpc) is 2.49. The van der Waals surface area contributed by atoms with Gasteiger partial charge >= 0.3 is 0 Å². The van der Waals surface area contributed by atoms with Crippen molar-refractivity contribution in [3.8, 4) is 0 Å². The van der Waals surface area contributed by atoms with Crippen molar-refractivity contribution in [3.05, 3.63) is 29.8 Å². The average molecular weight is 289 g/mol. The number of piperidine rings is 1. The lowest BCUT2D eigenvalue weighted by molar-refractivity contribution is 0.211. The van der Waals surface area contributed by atoms with E-state index in [4.69, 9.17) is 0 Å². The van der Waals surface area contributed by atoms with Crippen molar-refractivity contribution in [1.29, 1.82) is 0 Å². The van der Waals surface area contributed by atoms with Crippen LogP contribution in [0.3, 0.4) is 0 Å². The predicted molar refractivity (Wildman–Crippen MR) is 92.0 cm³/mol. The van der Waals surface area contributed by atoms with E-state index in [0.29, 0.717) is 6.04 Å². The van der Waals surface area contributed by atoms with Crippen LogP contribution in [0.15, 0.2) is 24.3 Å². The van der Waals surface area contributed by atoms with Gasteiger partial charge in [0.15, 0.2) is 0 Å². The number of anilines is 1. The molecule has 1 fully saturated rings. The topological polar surface area (TPSA) is 18.5 Å². The normalized spacial score (nSPS) is 18.7. The molecule has 0 bridgehead atoms. The highest BCUT2D eigenvalue weighted by molar-refractivity contribution is 5.46. The van der Waals surface area contributed by atoms with Crippen molar-refractivity contribution in [1.82, 2.24) is 10.2 Å². The summed E-state index contributed by atoms with van der Waals surface area (Å²) in [6.45, 7) is 5.93. The molecule has 0 aliphatic carbocycles. The molecule has 1 aromatic carbocycles. The molecule has 0 aromatic heterocycles. The number of hydrogen-bond donors (Lipinski definition) is 1. The monoisotopic (exact) mass is 289 g/mol. The zero-order valence-corrected chi connectivity index (χ0v) is 14.1. The highest BCUT2D eigenvalue weighted by Crippen LogP contribution is 2.20. The van der Waals surface area contributed by atoms with Crippen molar-refractivity contribution in [2.24, 2.45) is 5.92 Å². The van der Waals surface area contributed by atoms with E-state index >= 15 is 0 Å². The molecule has 118 valence electrons. The highest BCUT2D eigenvalue weighted by atomic mass is 15.1. The van der Waals surface area contributed by atoms with Crippen LogP contribution < -0.4 is 10.2 Å². The lowest BCUT2D eigenvalue weighted by Crippen LogP contribution is -2.32. The molecule has 0 saturated carbocycles. The van der Waals surface area contributed by atoms with Gasteiger partial charge in [-0.15, -0.1) is 0 Å². The number of hydrogen-bond acceptors (Lipinski definition) is 3. The second-order valence-electron chi connectivity index (χ2n) is 6.70. The van der Waals surface area contributed by atoms with Crippen molar-refractivity contribution in [3.63, 3.8) is 0 Å². The number of nitrogens with zero attached hydrogens (tertiary/aromatic N) is 2. The summed E-state index contributed by atoms with van der Waals surface area (Å²) in [7, 11) is 6.39. The van der Waals surface area contributed by atoms with Gasteiger partial charge in [0.05, 0.1) is 0 Å². The Kier molecular flexibility index (Phi) is 6.07. The fourth-order valence-corrected chi connectivity index (χ4v) is 3.03. The molecule has 2 rings (SSSR count). The summed E-state index contributed by atoms with van der Waals surface area (Å²) in [5, 5.41) is 3.68. The van der Waals surface area contributed by atoms with Gasteiger partial charge in [-0.25, -0.2) is 0 Å². The quantitative estimate of drug-likeness (QED) is 0.868. The Labute approximate surface area is 130 Å². The van der Waals surface area contributed by atoms with E-state index in [1.54, 1.807) is 0 Å². The van der Waals surface area contributed by atoms with Crippen LogP contribution in [0, 0.1) is 5.92 Å². The largest absolute Gasteiger partial charge is 0.378 e. The Morgan fingerprint density at radius 3 is 2.38 bits per heavy atom. The van der Waals surface area contributed by atoms with Crippen LogP contribution in [0.5, 0.6) is 0 Å². The third-order valence-electron chi connectivity index (χ3n) is 4.75. The summed E-state index contributed by atoms with van der Waals surface area (Å²) < 4.78 is 0. The number of likely N-dealkylation sites (tertiary alicyclic amines) is 1. The van der Waals surface area contributed by atoms with Crippen LogP contribution in [-0.2, 0) is 0 Å². The molecule has 0 amide bonds. The van der Waals surface area contributed by atoms with Gasteiger partial charge < -0.3 is 15.1 Å². The van der Waals surface area contributed by atoms with E-state index in [1.165, 1.54) is 43.6 Å². The van der Waals surface area contributed by atoms with Crippen molar-refractivity contribution in [2.75, 3.05) is 45.7 Å². The van der Waals surface area contributed by atoms with E-state index in [0.717, 1.165) is 12.5 Å². The minimum Gasteiger partial charge on any atom is -0.378 e. The van der Waals surface area contributed by atoms with Gasteiger partial charge in [-0.1, -0.05) is 12.1 Å². The van der Waals surface area contributed by atoms with Crippen LogP contribution in [0.2, 0.25) is 0 Å². The molecule has 21 heavy (non-hydrogen) atoms. The van der Waals surface area contributed by atoms with Gasteiger partial charge in [-0.3, -0.25) is 0 Å².